The fraction of sp³-hybridized carbons (Fsp3) is 0.333. The first-order valence-corrected chi connectivity index (χ1v) is 6.81. The van der Waals surface area contributed by atoms with E-state index in [1.165, 1.54) is 0 Å². The molecule has 0 heterocycles. The van der Waals surface area contributed by atoms with Gasteiger partial charge in [0.25, 0.3) is 0 Å². The summed E-state index contributed by atoms with van der Waals surface area (Å²) in [7, 11) is 0. The number of hydrogen-bond donors (Lipinski definition) is 1. The monoisotopic (exact) mass is 358 g/mol. The van der Waals surface area contributed by atoms with Gasteiger partial charge in [-0.2, -0.15) is 5.10 Å². The lowest BCUT2D eigenvalue weighted by Gasteiger charge is -2.09. The van der Waals surface area contributed by atoms with Crippen LogP contribution in [0.2, 0.25) is 0 Å². The van der Waals surface area contributed by atoms with E-state index in [0.29, 0.717) is 0 Å². The van der Waals surface area contributed by atoms with Crippen molar-refractivity contribution < 1.29 is 4.79 Å². The first-order chi connectivity index (χ1) is 7.96. The molecule has 1 aliphatic carbocycles. The summed E-state index contributed by atoms with van der Waals surface area (Å²) in [6.07, 6.45) is 2.39. The average Bonchev–Trinajstić information content (AvgIpc) is 2.81. The first-order valence-electron chi connectivity index (χ1n) is 5.22. The summed E-state index contributed by atoms with van der Waals surface area (Å²) in [4.78, 5) is 11.8. The topological polar surface area (TPSA) is 41.5 Å². The standard InChI is InChI=1S/C12H12Br2N2O/c1-11(8-12(11,13)14)10(17)16-15-7-9-5-3-2-4-6-9/h2-7H,8H2,1H3,(H,16,17)/b15-7-/t11-/m1/s1. The molecule has 2 rings (SSSR count). The van der Waals surface area contributed by atoms with Crippen molar-refractivity contribution in [2.75, 3.05) is 0 Å². The summed E-state index contributed by atoms with van der Waals surface area (Å²) < 4.78 is -0.278. The number of benzene rings is 1. The van der Waals surface area contributed by atoms with Crippen LogP contribution in [0.4, 0.5) is 0 Å². The van der Waals surface area contributed by atoms with Crippen LogP contribution in [0, 0.1) is 5.41 Å². The quantitative estimate of drug-likeness (QED) is 0.503. The van der Waals surface area contributed by atoms with Crippen molar-refractivity contribution >= 4 is 44.0 Å². The van der Waals surface area contributed by atoms with Gasteiger partial charge in [0.1, 0.15) is 0 Å². The molecule has 0 saturated heterocycles. The molecule has 0 bridgehead atoms. The van der Waals surface area contributed by atoms with E-state index in [1.807, 2.05) is 37.3 Å². The van der Waals surface area contributed by atoms with Gasteiger partial charge in [0.05, 0.1) is 14.9 Å². The molecule has 1 saturated carbocycles. The summed E-state index contributed by atoms with van der Waals surface area (Å²) in [6, 6.07) is 9.63. The van der Waals surface area contributed by atoms with Crippen LogP contribution in [0.5, 0.6) is 0 Å². The zero-order valence-electron chi connectivity index (χ0n) is 9.28. The molecule has 1 aromatic carbocycles. The van der Waals surface area contributed by atoms with Gasteiger partial charge >= 0.3 is 0 Å². The molecule has 17 heavy (non-hydrogen) atoms. The third kappa shape index (κ3) is 2.60. The molecule has 3 nitrogen and oxygen atoms in total. The van der Waals surface area contributed by atoms with Gasteiger partial charge in [-0.15, -0.1) is 0 Å². The van der Waals surface area contributed by atoms with E-state index < -0.39 is 5.41 Å². The summed E-state index contributed by atoms with van der Waals surface area (Å²) >= 11 is 6.90. The average molecular weight is 360 g/mol. The maximum atomic E-state index is 11.8. The Kier molecular flexibility index (Phi) is 3.41. The molecule has 90 valence electrons. The number of carbonyl (C=O) groups is 1. The van der Waals surface area contributed by atoms with E-state index in [2.05, 4.69) is 42.4 Å². The number of nitrogens with zero attached hydrogens (tertiary/aromatic N) is 1. The molecule has 0 spiro atoms. The molecule has 1 aromatic rings. The van der Waals surface area contributed by atoms with Crippen LogP contribution in [-0.4, -0.2) is 15.4 Å². The predicted octanol–water partition coefficient (Wildman–Crippen LogP) is 3.03. The van der Waals surface area contributed by atoms with E-state index in [1.54, 1.807) is 6.21 Å². The molecule has 1 aliphatic rings. The third-order valence-corrected chi connectivity index (χ3v) is 5.25. The van der Waals surface area contributed by atoms with Crippen LogP contribution in [0.15, 0.2) is 35.4 Å². The number of hydrazone groups is 1. The number of halogens is 2. The Labute approximate surface area is 117 Å². The maximum absolute atomic E-state index is 11.8. The minimum atomic E-state index is -0.430. The second kappa shape index (κ2) is 4.53. The summed E-state index contributed by atoms with van der Waals surface area (Å²) in [5.41, 5.74) is 3.09. The highest BCUT2D eigenvalue weighted by Crippen LogP contribution is 2.66. The number of hydrogen-bond acceptors (Lipinski definition) is 2. The summed E-state index contributed by atoms with van der Waals surface area (Å²) in [5.74, 6) is -0.0848. The fourth-order valence-electron chi connectivity index (χ4n) is 1.47. The van der Waals surface area contributed by atoms with Crippen molar-refractivity contribution in [2.24, 2.45) is 10.5 Å². The maximum Gasteiger partial charge on any atom is 0.248 e. The van der Waals surface area contributed by atoms with E-state index in [0.717, 1.165) is 12.0 Å². The Morgan fingerprint density at radius 1 is 1.41 bits per heavy atom. The molecule has 5 heteroatoms. The summed E-state index contributed by atoms with van der Waals surface area (Å²) in [5, 5.41) is 3.95. The van der Waals surface area contributed by atoms with Gasteiger partial charge in [-0.05, 0) is 18.9 Å². The Morgan fingerprint density at radius 2 is 2.00 bits per heavy atom. The third-order valence-electron chi connectivity index (χ3n) is 2.94. The first kappa shape index (κ1) is 12.8. The number of amides is 1. The van der Waals surface area contributed by atoms with E-state index in [-0.39, 0.29) is 9.14 Å². The number of nitrogens with one attached hydrogen (secondary N) is 1. The van der Waals surface area contributed by atoms with Crippen LogP contribution < -0.4 is 5.43 Å². The zero-order chi connectivity index (χ0) is 12.5. The molecular formula is C12H12Br2N2O. The van der Waals surface area contributed by atoms with Crippen molar-refractivity contribution in [1.82, 2.24) is 5.43 Å². The van der Waals surface area contributed by atoms with Crippen molar-refractivity contribution in [3.05, 3.63) is 35.9 Å². The lowest BCUT2D eigenvalue weighted by molar-refractivity contribution is -0.125. The van der Waals surface area contributed by atoms with Gasteiger partial charge in [-0.3, -0.25) is 4.79 Å². The van der Waals surface area contributed by atoms with Gasteiger partial charge in [-0.1, -0.05) is 62.2 Å². The smallest absolute Gasteiger partial charge is 0.248 e. The van der Waals surface area contributed by atoms with Crippen molar-refractivity contribution in [1.29, 1.82) is 0 Å². The van der Waals surface area contributed by atoms with E-state index >= 15 is 0 Å². The van der Waals surface area contributed by atoms with Crippen molar-refractivity contribution in [3.63, 3.8) is 0 Å². The van der Waals surface area contributed by atoms with Gasteiger partial charge in [0, 0.05) is 0 Å². The molecule has 1 fully saturated rings. The number of carbonyl (C=O) groups excluding carboxylic acids is 1. The van der Waals surface area contributed by atoms with Gasteiger partial charge in [-0.25, -0.2) is 5.43 Å². The van der Waals surface area contributed by atoms with Gasteiger partial charge < -0.3 is 0 Å². The molecular weight excluding hydrogens is 348 g/mol. The largest absolute Gasteiger partial charge is 0.272 e. The fourth-order valence-corrected chi connectivity index (χ4v) is 2.96. The van der Waals surface area contributed by atoms with Crippen molar-refractivity contribution in [2.45, 2.75) is 16.6 Å². The Balaban J connectivity index is 1.92. The second-order valence-corrected chi connectivity index (χ2v) is 8.09. The Hall–Kier alpha value is -0.680. The highest BCUT2D eigenvalue weighted by atomic mass is 79.9. The van der Waals surface area contributed by atoms with Crippen molar-refractivity contribution in [3.8, 4) is 0 Å². The lowest BCUT2D eigenvalue weighted by Crippen LogP contribution is -2.29. The highest BCUT2D eigenvalue weighted by molar-refractivity contribution is 9.25. The number of rotatable bonds is 3. The molecule has 0 aliphatic heterocycles. The molecule has 0 aromatic heterocycles. The van der Waals surface area contributed by atoms with Crippen LogP contribution in [0.1, 0.15) is 18.9 Å². The molecule has 1 atom stereocenters. The van der Waals surface area contributed by atoms with E-state index in [9.17, 15) is 4.79 Å². The van der Waals surface area contributed by atoms with E-state index in [4.69, 9.17) is 0 Å². The van der Waals surface area contributed by atoms with Gasteiger partial charge in [0.15, 0.2) is 0 Å². The highest BCUT2D eigenvalue weighted by Gasteiger charge is 2.66. The minimum absolute atomic E-state index is 0.0848. The molecule has 1 amide bonds. The second-order valence-electron chi connectivity index (χ2n) is 4.32. The van der Waals surface area contributed by atoms with Gasteiger partial charge in [0.2, 0.25) is 5.91 Å². The Bertz CT molecular complexity index is 459. The normalized spacial score (nSPS) is 25.8. The minimum Gasteiger partial charge on any atom is -0.272 e. The summed E-state index contributed by atoms with van der Waals surface area (Å²) in [6.45, 7) is 1.89. The lowest BCUT2D eigenvalue weighted by atomic mass is 10.1. The zero-order valence-corrected chi connectivity index (χ0v) is 12.5. The van der Waals surface area contributed by atoms with Crippen LogP contribution in [0.25, 0.3) is 0 Å². The van der Waals surface area contributed by atoms with Crippen LogP contribution >= 0.6 is 31.9 Å². The molecule has 0 radical (unpaired) electrons. The molecule has 0 unspecified atom stereocenters. The molecule has 1 N–H and O–H groups in total. The SMILES string of the molecule is C[C@]1(C(=O)N/N=C\c2ccccc2)CC1(Br)Br. The number of alkyl halides is 2. The van der Waals surface area contributed by atoms with Crippen LogP contribution in [-0.2, 0) is 4.79 Å². The van der Waals surface area contributed by atoms with Crippen LogP contribution in [0.3, 0.4) is 0 Å². The Morgan fingerprint density at radius 3 is 2.53 bits per heavy atom. The predicted molar refractivity (Wildman–Crippen MR) is 75.5 cm³/mol.